The molecule has 37 heavy (non-hydrogen) atoms. The zero-order valence-electron chi connectivity index (χ0n) is 20.7. The first-order valence-corrected chi connectivity index (χ1v) is 13.5. The van der Waals surface area contributed by atoms with Crippen molar-refractivity contribution in [2.45, 2.75) is 44.8 Å². The smallest absolute Gasteiger partial charge is 0.271 e. The van der Waals surface area contributed by atoms with Gasteiger partial charge in [0.15, 0.2) is 5.60 Å². The summed E-state index contributed by atoms with van der Waals surface area (Å²) < 4.78 is 5.98. The van der Waals surface area contributed by atoms with E-state index in [4.69, 9.17) is 16.3 Å². The van der Waals surface area contributed by atoms with Crippen LogP contribution >= 0.6 is 22.9 Å². The van der Waals surface area contributed by atoms with E-state index in [1.165, 1.54) is 11.3 Å². The summed E-state index contributed by atoms with van der Waals surface area (Å²) in [5, 5.41) is 6.08. The number of para-hydroxylation sites is 3. The number of nitrogens with one attached hydrogen (secondary N) is 2. The van der Waals surface area contributed by atoms with Gasteiger partial charge in [-0.1, -0.05) is 35.9 Å². The number of nitrogens with zero attached hydrogens (tertiary/aromatic N) is 3. The van der Waals surface area contributed by atoms with E-state index in [0.717, 1.165) is 28.9 Å². The Kier molecular flexibility index (Phi) is 7.17. The van der Waals surface area contributed by atoms with Gasteiger partial charge >= 0.3 is 0 Å². The number of aromatic amines is 1. The standard InChI is InChI=1S/C27H28ClN5O3S/c1-27(2,36-22-10-6-3-7-18(22)28)26(35)33-13-11-17(12-14-33)25-32-21(16-37-25)24(34)29-15-23-30-19-8-4-5-9-20(19)31-23/h3-10,16-17H,11-15H2,1-2H3,(H,29,34)(H,30,31). The maximum atomic E-state index is 13.2. The maximum Gasteiger partial charge on any atom is 0.271 e. The molecule has 2 amide bonds. The largest absolute Gasteiger partial charge is 0.476 e. The minimum atomic E-state index is -1.04. The molecule has 2 aromatic heterocycles. The third-order valence-electron chi connectivity index (χ3n) is 6.46. The van der Waals surface area contributed by atoms with Gasteiger partial charge in [-0.15, -0.1) is 11.3 Å². The molecule has 1 aliphatic rings. The molecule has 8 nitrogen and oxygen atoms in total. The summed E-state index contributed by atoms with van der Waals surface area (Å²) in [6.45, 7) is 5.04. The van der Waals surface area contributed by atoms with Crippen molar-refractivity contribution in [1.29, 1.82) is 0 Å². The number of aromatic nitrogens is 3. The van der Waals surface area contributed by atoms with Crippen LogP contribution in [0.1, 0.15) is 53.9 Å². The van der Waals surface area contributed by atoms with Crippen molar-refractivity contribution in [3.05, 3.63) is 75.5 Å². The van der Waals surface area contributed by atoms with E-state index in [9.17, 15) is 9.59 Å². The number of rotatable bonds is 7. The number of fused-ring (bicyclic) bond motifs is 1. The van der Waals surface area contributed by atoms with Crippen LogP contribution in [0.25, 0.3) is 11.0 Å². The number of piperidine rings is 1. The van der Waals surface area contributed by atoms with Crippen LogP contribution < -0.4 is 10.1 Å². The summed E-state index contributed by atoms with van der Waals surface area (Å²) in [6.07, 6.45) is 1.56. The Bertz CT molecular complexity index is 1390. The Morgan fingerprint density at radius 3 is 2.62 bits per heavy atom. The number of benzene rings is 2. The summed E-state index contributed by atoms with van der Waals surface area (Å²) >= 11 is 7.70. The van der Waals surface area contributed by atoms with Crippen molar-refractivity contribution in [2.24, 2.45) is 0 Å². The predicted molar refractivity (Wildman–Crippen MR) is 144 cm³/mol. The third-order valence-corrected chi connectivity index (χ3v) is 7.78. The fraction of sp³-hybridized carbons (Fsp3) is 0.333. The van der Waals surface area contributed by atoms with E-state index < -0.39 is 5.60 Å². The molecular formula is C27H28ClN5O3S. The highest BCUT2D eigenvalue weighted by atomic mass is 35.5. The first-order valence-electron chi connectivity index (χ1n) is 12.2. The highest BCUT2D eigenvalue weighted by Crippen LogP contribution is 2.33. The van der Waals surface area contributed by atoms with Gasteiger partial charge in [0.2, 0.25) is 0 Å². The Labute approximate surface area is 224 Å². The molecule has 2 N–H and O–H groups in total. The van der Waals surface area contributed by atoms with Crippen LogP contribution in [0.2, 0.25) is 5.02 Å². The quantitative estimate of drug-likeness (QED) is 0.339. The normalized spacial score (nSPS) is 14.6. The zero-order valence-corrected chi connectivity index (χ0v) is 22.2. The molecule has 0 saturated carbocycles. The molecule has 2 aromatic carbocycles. The third kappa shape index (κ3) is 5.62. The molecule has 4 aromatic rings. The van der Waals surface area contributed by atoms with Crippen LogP contribution in [-0.4, -0.2) is 50.4 Å². The Morgan fingerprint density at radius 1 is 1.14 bits per heavy atom. The molecule has 3 heterocycles. The van der Waals surface area contributed by atoms with E-state index in [1.54, 1.807) is 31.4 Å². The van der Waals surface area contributed by atoms with Crippen molar-refractivity contribution in [3.8, 4) is 5.75 Å². The van der Waals surface area contributed by atoms with Crippen LogP contribution in [0.5, 0.6) is 5.75 Å². The lowest BCUT2D eigenvalue weighted by Gasteiger charge is -2.36. The number of ether oxygens (including phenoxy) is 1. The van der Waals surface area contributed by atoms with Crippen molar-refractivity contribution in [2.75, 3.05) is 13.1 Å². The molecule has 0 radical (unpaired) electrons. The second kappa shape index (κ2) is 10.5. The number of carbonyl (C=O) groups is 2. The van der Waals surface area contributed by atoms with E-state index >= 15 is 0 Å². The van der Waals surface area contributed by atoms with Gasteiger partial charge in [0.25, 0.3) is 11.8 Å². The van der Waals surface area contributed by atoms with Crippen molar-refractivity contribution < 1.29 is 14.3 Å². The van der Waals surface area contributed by atoms with E-state index in [1.807, 2.05) is 41.3 Å². The van der Waals surface area contributed by atoms with Crippen LogP contribution in [-0.2, 0) is 11.3 Å². The predicted octanol–water partition coefficient (Wildman–Crippen LogP) is 5.17. The molecule has 192 valence electrons. The lowest BCUT2D eigenvalue weighted by Crippen LogP contribution is -2.51. The molecule has 0 aliphatic carbocycles. The summed E-state index contributed by atoms with van der Waals surface area (Å²) in [5.41, 5.74) is 1.17. The van der Waals surface area contributed by atoms with Crippen molar-refractivity contribution in [3.63, 3.8) is 0 Å². The van der Waals surface area contributed by atoms with Gasteiger partial charge in [-0.05, 0) is 51.0 Å². The molecule has 1 saturated heterocycles. The molecule has 0 unspecified atom stereocenters. The number of hydrogen-bond donors (Lipinski definition) is 2. The number of imidazole rings is 1. The van der Waals surface area contributed by atoms with E-state index in [0.29, 0.717) is 41.9 Å². The van der Waals surface area contributed by atoms with Gasteiger partial charge in [0.1, 0.15) is 17.3 Å². The van der Waals surface area contributed by atoms with Crippen molar-refractivity contribution in [1.82, 2.24) is 25.2 Å². The molecule has 0 spiro atoms. The Morgan fingerprint density at radius 2 is 1.86 bits per heavy atom. The number of thiazole rings is 1. The number of amides is 2. The summed E-state index contributed by atoms with van der Waals surface area (Å²) in [4.78, 5) is 40.0. The fourth-order valence-corrected chi connectivity index (χ4v) is 5.63. The number of carbonyl (C=O) groups excluding carboxylic acids is 2. The van der Waals surface area contributed by atoms with Gasteiger partial charge in [-0.25, -0.2) is 9.97 Å². The number of halogens is 1. The highest BCUT2D eigenvalue weighted by molar-refractivity contribution is 7.09. The van der Waals surface area contributed by atoms with E-state index in [2.05, 4.69) is 20.3 Å². The average Bonchev–Trinajstić information content (AvgIpc) is 3.56. The maximum absolute atomic E-state index is 13.2. The summed E-state index contributed by atoms with van der Waals surface area (Å²) in [6, 6.07) is 14.9. The number of H-pyrrole nitrogens is 1. The monoisotopic (exact) mass is 537 g/mol. The van der Waals surface area contributed by atoms with Gasteiger partial charge < -0.3 is 19.9 Å². The first kappa shape index (κ1) is 25.2. The lowest BCUT2D eigenvalue weighted by atomic mass is 9.96. The Balaban J connectivity index is 1.14. The van der Waals surface area contributed by atoms with Gasteiger partial charge in [-0.2, -0.15) is 0 Å². The molecule has 0 atom stereocenters. The zero-order chi connectivity index (χ0) is 26.0. The lowest BCUT2D eigenvalue weighted by molar-refractivity contribution is -0.146. The topological polar surface area (TPSA) is 100 Å². The van der Waals surface area contributed by atoms with Crippen LogP contribution in [0, 0.1) is 0 Å². The number of likely N-dealkylation sites (tertiary alicyclic amines) is 1. The first-order chi connectivity index (χ1) is 17.8. The fourth-order valence-electron chi connectivity index (χ4n) is 4.48. The second-order valence-electron chi connectivity index (χ2n) is 9.56. The molecule has 5 rings (SSSR count). The molecular weight excluding hydrogens is 510 g/mol. The summed E-state index contributed by atoms with van der Waals surface area (Å²) in [7, 11) is 0. The van der Waals surface area contributed by atoms with Gasteiger partial charge in [0, 0.05) is 24.4 Å². The van der Waals surface area contributed by atoms with Gasteiger partial charge in [0.05, 0.1) is 27.6 Å². The van der Waals surface area contributed by atoms with Crippen LogP contribution in [0.3, 0.4) is 0 Å². The SMILES string of the molecule is CC(C)(Oc1ccccc1Cl)C(=O)N1CCC(c2nc(C(=O)NCc3nc4ccccc4[nH]3)cs2)CC1. The molecule has 10 heteroatoms. The number of hydrogen-bond acceptors (Lipinski definition) is 6. The average molecular weight is 538 g/mol. The Hall–Kier alpha value is -3.43. The van der Waals surface area contributed by atoms with Crippen molar-refractivity contribution >= 4 is 45.8 Å². The molecule has 1 aliphatic heterocycles. The van der Waals surface area contributed by atoms with Gasteiger partial charge in [-0.3, -0.25) is 9.59 Å². The van der Waals surface area contributed by atoms with Crippen LogP contribution in [0.15, 0.2) is 53.9 Å². The summed E-state index contributed by atoms with van der Waals surface area (Å²) in [5.74, 6) is 1.10. The van der Waals surface area contributed by atoms with Crippen LogP contribution in [0.4, 0.5) is 0 Å². The van der Waals surface area contributed by atoms with E-state index in [-0.39, 0.29) is 17.7 Å². The highest BCUT2D eigenvalue weighted by Gasteiger charge is 2.37. The minimum Gasteiger partial charge on any atom is -0.476 e. The second-order valence-corrected chi connectivity index (χ2v) is 10.9. The molecule has 0 bridgehead atoms. The minimum absolute atomic E-state index is 0.0735. The molecule has 1 fully saturated rings.